The van der Waals surface area contributed by atoms with Gasteiger partial charge in [0.1, 0.15) is 0 Å². The molecule has 1 fully saturated rings. The van der Waals surface area contributed by atoms with E-state index in [9.17, 15) is 4.79 Å². The van der Waals surface area contributed by atoms with Crippen molar-refractivity contribution in [2.24, 2.45) is 0 Å². The van der Waals surface area contributed by atoms with Gasteiger partial charge in [0.2, 0.25) is 0 Å². The average molecular weight is 353 g/mol. The van der Waals surface area contributed by atoms with Crippen molar-refractivity contribution in [2.75, 3.05) is 62.3 Å². The second-order valence-electron chi connectivity index (χ2n) is 6.44. The predicted octanol–water partition coefficient (Wildman–Crippen LogP) is 1.86. The number of carbonyl (C=O) groups is 1. The molecule has 26 heavy (non-hydrogen) atoms. The Morgan fingerprint density at radius 2 is 1.77 bits per heavy atom. The van der Waals surface area contributed by atoms with Crippen molar-refractivity contribution >= 4 is 23.0 Å². The molecule has 2 aromatic rings. The summed E-state index contributed by atoms with van der Waals surface area (Å²) in [6, 6.07) is 15.9. The highest BCUT2D eigenvalue weighted by Gasteiger charge is 2.17. The molecule has 6 heteroatoms. The van der Waals surface area contributed by atoms with E-state index in [0.29, 0.717) is 11.3 Å². The Morgan fingerprint density at radius 1 is 1.04 bits per heavy atom. The van der Waals surface area contributed by atoms with Crippen molar-refractivity contribution < 1.29 is 4.79 Å². The summed E-state index contributed by atoms with van der Waals surface area (Å²) < 4.78 is 0. The van der Waals surface area contributed by atoms with Crippen LogP contribution in [0.2, 0.25) is 0 Å². The number of hydrogen-bond acceptors (Lipinski definition) is 5. The van der Waals surface area contributed by atoms with E-state index in [0.717, 1.165) is 45.0 Å². The second-order valence-corrected chi connectivity index (χ2v) is 6.44. The Bertz CT molecular complexity index is 726. The van der Waals surface area contributed by atoms with E-state index < -0.39 is 0 Å². The van der Waals surface area contributed by atoms with E-state index in [4.69, 9.17) is 5.73 Å². The van der Waals surface area contributed by atoms with Crippen LogP contribution in [0.5, 0.6) is 0 Å². The lowest BCUT2D eigenvalue weighted by Crippen LogP contribution is -2.47. The van der Waals surface area contributed by atoms with Gasteiger partial charge >= 0.3 is 0 Å². The number of nitrogen functional groups attached to an aromatic ring is 1. The summed E-state index contributed by atoms with van der Waals surface area (Å²) in [4.78, 5) is 16.9. The van der Waals surface area contributed by atoms with Crippen LogP contribution in [0.25, 0.3) is 0 Å². The lowest BCUT2D eigenvalue weighted by molar-refractivity contribution is 0.0964. The van der Waals surface area contributed by atoms with Gasteiger partial charge in [-0.05, 0) is 24.3 Å². The summed E-state index contributed by atoms with van der Waals surface area (Å²) in [5.41, 5.74) is 9.24. The third kappa shape index (κ3) is 4.26. The summed E-state index contributed by atoms with van der Waals surface area (Å²) in [7, 11) is 1.63. The zero-order chi connectivity index (χ0) is 18.4. The number of nitrogens with two attached hydrogens (primary N) is 1. The monoisotopic (exact) mass is 353 g/mol. The van der Waals surface area contributed by atoms with Crippen LogP contribution in [0.15, 0.2) is 48.5 Å². The Balaban J connectivity index is 1.50. The molecule has 4 N–H and O–H groups in total. The molecule has 0 spiro atoms. The van der Waals surface area contributed by atoms with Crippen molar-refractivity contribution in [3.63, 3.8) is 0 Å². The molecule has 6 nitrogen and oxygen atoms in total. The number of para-hydroxylation sites is 2. The molecule has 0 unspecified atom stereocenters. The first kappa shape index (κ1) is 18.1. The molecule has 2 aromatic carbocycles. The quantitative estimate of drug-likeness (QED) is 0.692. The van der Waals surface area contributed by atoms with Gasteiger partial charge in [-0.15, -0.1) is 0 Å². The number of piperazine rings is 1. The fraction of sp³-hybridized carbons (Fsp3) is 0.350. The highest BCUT2D eigenvalue weighted by molar-refractivity contribution is 6.02. The van der Waals surface area contributed by atoms with E-state index in [1.54, 1.807) is 19.2 Å². The zero-order valence-electron chi connectivity index (χ0n) is 15.2. The number of nitrogens with zero attached hydrogens (tertiary/aromatic N) is 2. The summed E-state index contributed by atoms with van der Waals surface area (Å²) in [6.45, 7) is 5.79. The number of hydrogen-bond donors (Lipinski definition) is 3. The van der Waals surface area contributed by atoms with Crippen LogP contribution in [0.3, 0.4) is 0 Å². The van der Waals surface area contributed by atoms with Crippen molar-refractivity contribution in [2.45, 2.75) is 0 Å². The van der Waals surface area contributed by atoms with Gasteiger partial charge in [-0.3, -0.25) is 9.69 Å². The van der Waals surface area contributed by atoms with Gasteiger partial charge in [-0.2, -0.15) is 0 Å². The normalized spacial score (nSPS) is 14.9. The molecule has 3 rings (SSSR count). The Morgan fingerprint density at radius 3 is 2.46 bits per heavy atom. The van der Waals surface area contributed by atoms with Gasteiger partial charge in [0.05, 0.1) is 16.9 Å². The van der Waals surface area contributed by atoms with Crippen molar-refractivity contribution in [1.29, 1.82) is 0 Å². The third-order valence-corrected chi connectivity index (χ3v) is 4.79. The number of benzene rings is 2. The second kappa shape index (κ2) is 8.58. The standard InChI is InChI=1S/C20H27N5O/c1-22-20(26)17-8-5-9-18(21)19(17)23-10-11-24-12-14-25(15-13-24)16-6-3-2-4-7-16/h2-9,23H,10-15,21H2,1H3,(H,22,26). The molecule has 0 atom stereocenters. The number of anilines is 3. The number of amides is 1. The van der Waals surface area contributed by atoms with E-state index >= 15 is 0 Å². The number of nitrogens with one attached hydrogen (secondary N) is 2. The van der Waals surface area contributed by atoms with Gasteiger partial charge in [0.25, 0.3) is 5.91 Å². The average Bonchev–Trinajstić information content (AvgIpc) is 2.69. The SMILES string of the molecule is CNC(=O)c1cccc(N)c1NCCN1CCN(c2ccccc2)CC1. The van der Waals surface area contributed by atoms with Crippen LogP contribution in [0.4, 0.5) is 17.1 Å². The maximum Gasteiger partial charge on any atom is 0.253 e. The fourth-order valence-corrected chi connectivity index (χ4v) is 3.30. The summed E-state index contributed by atoms with van der Waals surface area (Å²) in [6.07, 6.45) is 0. The molecule has 0 aromatic heterocycles. The molecular weight excluding hydrogens is 326 g/mol. The maximum atomic E-state index is 12.0. The molecule has 0 aliphatic carbocycles. The lowest BCUT2D eigenvalue weighted by Gasteiger charge is -2.36. The van der Waals surface area contributed by atoms with E-state index in [2.05, 4.69) is 44.7 Å². The van der Waals surface area contributed by atoms with Gasteiger partial charge in [-0.1, -0.05) is 24.3 Å². The molecule has 1 heterocycles. The van der Waals surface area contributed by atoms with E-state index in [1.165, 1.54) is 5.69 Å². The Hall–Kier alpha value is -2.73. The largest absolute Gasteiger partial charge is 0.397 e. The van der Waals surface area contributed by atoms with Gasteiger partial charge in [0, 0.05) is 52.0 Å². The summed E-state index contributed by atoms with van der Waals surface area (Å²) in [5, 5.41) is 6.00. The molecule has 0 radical (unpaired) electrons. The van der Waals surface area contributed by atoms with Gasteiger partial charge in [0.15, 0.2) is 0 Å². The van der Waals surface area contributed by atoms with Crippen LogP contribution in [0, 0.1) is 0 Å². The van der Waals surface area contributed by atoms with Crippen LogP contribution < -0.4 is 21.3 Å². The first-order chi connectivity index (χ1) is 12.7. The maximum absolute atomic E-state index is 12.0. The zero-order valence-corrected chi connectivity index (χ0v) is 15.2. The number of rotatable bonds is 6. The van der Waals surface area contributed by atoms with Crippen LogP contribution >= 0.6 is 0 Å². The lowest BCUT2D eigenvalue weighted by atomic mass is 10.1. The Labute approximate surface area is 155 Å². The van der Waals surface area contributed by atoms with Crippen molar-refractivity contribution in [3.8, 4) is 0 Å². The minimum absolute atomic E-state index is 0.128. The van der Waals surface area contributed by atoms with Crippen LogP contribution in [-0.4, -0.2) is 57.1 Å². The highest BCUT2D eigenvalue weighted by Crippen LogP contribution is 2.23. The molecule has 1 saturated heterocycles. The molecule has 1 aliphatic heterocycles. The van der Waals surface area contributed by atoms with Crippen molar-refractivity contribution in [3.05, 3.63) is 54.1 Å². The van der Waals surface area contributed by atoms with E-state index in [-0.39, 0.29) is 5.91 Å². The van der Waals surface area contributed by atoms with Gasteiger partial charge < -0.3 is 21.3 Å². The topological polar surface area (TPSA) is 73.6 Å². The number of carbonyl (C=O) groups excluding carboxylic acids is 1. The summed E-state index contributed by atoms with van der Waals surface area (Å²) in [5.74, 6) is -0.128. The minimum atomic E-state index is -0.128. The molecule has 1 aliphatic rings. The molecular formula is C20H27N5O. The highest BCUT2D eigenvalue weighted by atomic mass is 16.1. The third-order valence-electron chi connectivity index (χ3n) is 4.79. The molecule has 0 saturated carbocycles. The van der Waals surface area contributed by atoms with Crippen molar-refractivity contribution in [1.82, 2.24) is 10.2 Å². The smallest absolute Gasteiger partial charge is 0.253 e. The van der Waals surface area contributed by atoms with E-state index in [1.807, 2.05) is 12.1 Å². The predicted molar refractivity (Wildman–Crippen MR) is 108 cm³/mol. The summed E-state index contributed by atoms with van der Waals surface area (Å²) >= 11 is 0. The molecule has 1 amide bonds. The minimum Gasteiger partial charge on any atom is -0.397 e. The molecule has 0 bridgehead atoms. The Kier molecular flexibility index (Phi) is 5.96. The fourth-order valence-electron chi connectivity index (χ4n) is 3.30. The van der Waals surface area contributed by atoms with Gasteiger partial charge in [-0.25, -0.2) is 0 Å². The molecule has 138 valence electrons. The first-order valence-corrected chi connectivity index (χ1v) is 9.06. The first-order valence-electron chi connectivity index (χ1n) is 9.06. The van der Waals surface area contributed by atoms with Crippen LogP contribution in [0.1, 0.15) is 10.4 Å². The van der Waals surface area contributed by atoms with Crippen LogP contribution in [-0.2, 0) is 0 Å².